The van der Waals surface area contributed by atoms with E-state index < -0.39 is 15.9 Å². The topological polar surface area (TPSA) is 86.7 Å². The monoisotopic (exact) mass is 538 g/mol. The summed E-state index contributed by atoms with van der Waals surface area (Å²) in [5, 5.41) is 0.633. The highest BCUT2D eigenvalue weighted by atomic mass is 35.5. The average molecular weight is 539 g/mol. The first-order valence-corrected chi connectivity index (χ1v) is 14.0. The fraction of sp³-hybridized carbons (Fsp3) is 0.250. The fourth-order valence-corrected chi connectivity index (χ4v) is 5.15. The van der Waals surface area contributed by atoms with Crippen LogP contribution in [-0.2, 0) is 23.1 Å². The van der Waals surface area contributed by atoms with Gasteiger partial charge in [0.15, 0.2) is 18.2 Å². The minimum Gasteiger partial charge on any atom is -0.748 e. The molecule has 0 saturated carbocycles. The van der Waals surface area contributed by atoms with Crippen LogP contribution in [0.4, 0.5) is 5.69 Å². The first kappa shape index (κ1) is 25.3. The molecule has 1 aliphatic rings. The quantitative estimate of drug-likeness (QED) is 0.217. The standard InChI is InChI=1S/C28H27ClN2O5S/c1-3-19(15-27-30(2)23-18-22(29)10-12-25(23)35-27)16-28-31(13-14-37(32,33)34)24-17-21(9-11-26(24)36-28)20-7-5-4-6-8-20/h4-12,15,17-19H,3,13-14,16H2,1-2H3. The molecule has 37 heavy (non-hydrogen) atoms. The molecule has 0 bridgehead atoms. The second-order valence-electron chi connectivity index (χ2n) is 9.11. The summed E-state index contributed by atoms with van der Waals surface area (Å²) < 4.78 is 48.6. The molecule has 1 aromatic heterocycles. The van der Waals surface area contributed by atoms with Crippen molar-refractivity contribution in [1.82, 2.24) is 0 Å². The lowest BCUT2D eigenvalue weighted by Gasteiger charge is -2.14. The van der Waals surface area contributed by atoms with Gasteiger partial charge in [-0.2, -0.15) is 4.57 Å². The van der Waals surface area contributed by atoms with Crippen molar-refractivity contribution in [3.63, 3.8) is 0 Å². The highest BCUT2D eigenvalue weighted by Gasteiger charge is 2.28. The Hall–Kier alpha value is -3.33. The molecule has 0 saturated heterocycles. The summed E-state index contributed by atoms with van der Waals surface area (Å²) >= 11 is 6.16. The number of fused-ring (bicyclic) bond motifs is 2. The average Bonchev–Trinajstić information content (AvgIpc) is 3.38. The molecule has 4 aromatic rings. The molecule has 192 valence electrons. The van der Waals surface area contributed by atoms with Crippen molar-refractivity contribution in [3.05, 3.63) is 89.6 Å². The number of anilines is 1. The number of ether oxygens (including phenoxy) is 1. The summed E-state index contributed by atoms with van der Waals surface area (Å²) in [7, 11) is -2.48. The largest absolute Gasteiger partial charge is 0.748 e. The first-order chi connectivity index (χ1) is 17.7. The van der Waals surface area contributed by atoms with Crippen LogP contribution in [-0.4, -0.2) is 25.8 Å². The van der Waals surface area contributed by atoms with Crippen molar-refractivity contribution in [1.29, 1.82) is 0 Å². The number of halogens is 1. The van der Waals surface area contributed by atoms with Crippen LogP contribution in [0, 0.1) is 5.92 Å². The van der Waals surface area contributed by atoms with E-state index in [4.69, 9.17) is 20.8 Å². The van der Waals surface area contributed by atoms with E-state index in [1.54, 1.807) is 6.07 Å². The van der Waals surface area contributed by atoms with E-state index in [0.717, 1.165) is 34.5 Å². The molecule has 0 spiro atoms. The molecule has 7 nitrogen and oxygen atoms in total. The Balaban J connectivity index is 1.49. The summed E-state index contributed by atoms with van der Waals surface area (Å²) in [5.41, 5.74) is 4.29. The summed E-state index contributed by atoms with van der Waals surface area (Å²) in [6, 6.07) is 21.2. The van der Waals surface area contributed by atoms with E-state index in [9.17, 15) is 13.0 Å². The number of aromatic nitrogens is 1. The van der Waals surface area contributed by atoms with Crippen molar-refractivity contribution in [3.8, 4) is 16.9 Å². The normalized spacial score (nSPS) is 15.2. The Labute approximate surface area is 221 Å². The number of aryl methyl sites for hydroxylation is 1. The van der Waals surface area contributed by atoms with Gasteiger partial charge in [0.2, 0.25) is 5.58 Å². The third-order valence-corrected chi connectivity index (χ3v) is 7.54. The zero-order chi connectivity index (χ0) is 26.2. The lowest BCUT2D eigenvalue weighted by molar-refractivity contribution is -0.680. The van der Waals surface area contributed by atoms with Crippen molar-refractivity contribution in [2.24, 2.45) is 5.92 Å². The van der Waals surface area contributed by atoms with E-state index >= 15 is 0 Å². The maximum atomic E-state index is 11.5. The van der Waals surface area contributed by atoms with Crippen LogP contribution in [0.15, 0.2) is 83.1 Å². The maximum Gasteiger partial charge on any atom is 0.348 e. The van der Waals surface area contributed by atoms with Crippen LogP contribution in [0.1, 0.15) is 19.2 Å². The predicted octanol–water partition coefficient (Wildman–Crippen LogP) is 5.52. The number of nitrogens with zero attached hydrogens (tertiary/aromatic N) is 2. The van der Waals surface area contributed by atoms with E-state index in [2.05, 4.69) is 6.92 Å². The molecule has 5 rings (SSSR count). The summed E-state index contributed by atoms with van der Waals surface area (Å²) in [6.45, 7) is 2.09. The zero-order valence-electron chi connectivity index (χ0n) is 20.6. The molecule has 0 aliphatic carbocycles. The van der Waals surface area contributed by atoms with Crippen molar-refractivity contribution >= 4 is 38.5 Å². The highest BCUT2D eigenvalue weighted by Crippen LogP contribution is 2.40. The molecule has 0 fully saturated rings. The number of rotatable bonds is 8. The summed E-state index contributed by atoms with van der Waals surface area (Å²) in [6.07, 6.45) is 3.34. The third-order valence-electron chi connectivity index (χ3n) is 6.62. The minimum absolute atomic E-state index is 0.0136. The molecule has 0 amide bonds. The molecular formula is C28H27ClN2O5S. The van der Waals surface area contributed by atoms with Gasteiger partial charge >= 0.3 is 5.89 Å². The third kappa shape index (κ3) is 5.51. The highest BCUT2D eigenvalue weighted by molar-refractivity contribution is 7.85. The fourth-order valence-electron chi connectivity index (χ4n) is 4.57. The Morgan fingerprint density at radius 2 is 1.86 bits per heavy atom. The summed E-state index contributed by atoms with van der Waals surface area (Å²) in [4.78, 5) is 1.95. The molecule has 0 N–H and O–H groups in total. The molecule has 1 unspecified atom stereocenters. The second kappa shape index (κ2) is 10.2. The Morgan fingerprint density at radius 3 is 2.59 bits per heavy atom. The lowest BCUT2D eigenvalue weighted by Crippen LogP contribution is -2.40. The molecular weight excluding hydrogens is 512 g/mol. The van der Waals surface area contributed by atoms with Crippen molar-refractivity contribution in [2.75, 3.05) is 17.7 Å². The Bertz CT molecular complexity index is 1580. The van der Waals surface area contributed by atoms with Crippen molar-refractivity contribution in [2.45, 2.75) is 26.3 Å². The molecule has 9 heteroatoms. The van der Waals surface area contributed by atoms with E-state index in [0.29, 0.717) is 28.8 Å². The van der Waals surface area contributed by atoms with E-state index in [1.165, 1.54) is 0 Å². The number of benzene rings is 3. The van der Waals surface area contributed by atoms with Crippen molar-refractivity contribution < 1.29 is 26.7 Å². The molecule has 3 aromatic carbocycles. The van der Waals surface area contributed by atoms with Crippen LogP contribution in [0.2, 0.25) is 5.02 Å². The van der Waals surface area contributed by atoms with Crippen LogP contribution in [0.3, 0.4) is 0 Å². The van der Waals surface area contributed by atoms with Gasteiger partial charge in [-0.05, 0) is 53.8 Å². The minimum atomic E-state index is -4.40. The van der Waals surface area contributed by atoms with Gasteiger partial charge in [0.1, 0.15) is 10.1 Å². The Kier molecular flexibility index (Phi) is 6.98. The van der Waals surface area contributed by atoms with Gasteiger partial charge < -0.3 is 18.6 Å². The van der Waals surface area contributed by atoms with Gasteiger partial charge in [0, 0.05) is 18.1 Å². The lowest BCUT2D eigenvalue weighted by atomic mass is 10.0. The summed E-state index contributed by atoms with van der Waals surface area (Å²) in [5.74, 6) is 1.55. The smallest absolute Gasteiger partial charge is 0.348 e. The Morgan fingerprint density at radius 1 is 1.08 bits per heavy atom. The molecule has 0 radical (unpaired) electrons. The number of allylic oxidation sites excluding steroid dienone is 1. The number of hydrogen-bond acceptors (Lipinski definition) is 6. The molecule has 2 heterocycles. The molecule has 1 aliphatic heterocycles. The SMILES string of the molecule is CCC(C=C1Oc2ccc(Cl)cc2N1C)Cc1oc2ccc(-c3ccccc3)cc2[n+]1CCS(=O)(=O)[O-]. The number of hydrogen-bond donors (Lipinski definition) is 0. The van der Waals surface area contributed by atoms with Gasteiger partial charge in [-0.25, -0.2) is 8.42 Å². The second-order valence-corrected chi connectivity index (χ2v) is 11.1. The van der Waals surface area contributed by atoms with Gasteiger partial charge in [0.25, 0.3) is 5.52 Å². The maximum absolute atomic E-state index is 11.5. The van der Waals surface area contributed by atoms with Gasteiger partial charge in [0.05, 0.1) is 17.9 Å². The van der Waals surface area contributed by atoms with Gasteiger partial charge in [-0.15, -0.1) is 0 Å². The van der Waals surface area contributed by atoms with Crippen LogP contribution < -0.4 is 14.2 Å². The van der Waals surface area contributed by atoms with E-state index in [-0.39, 0.29) is 12.5 Å². The first-order valence-electron chi connectivity index (χ1n) is 12.1. The van der Waals surface area contributed by atoms with Crippen LogP contribution in [0.25, 0.3) is 22.2 Å². The zero-order valence-corrected chi connectivity index (χ0v) is 22.1. The van der Waals surface area contributed by atoms with E-state index in [1.807, 2.05) is 83.3 Å². The predicted molar refractivity (Wildman–Crippen MR) is 142 cm³/mol. The van der Waals surface area contributed by atoms with Gasteiger partial charge in [-0.3, -0.25) is 0 Å². The van der Waals surface area contributed by atoms with Crippen LogP contribution >= 0.6 is 11.6 Å². The molecule has 1 atom stereocenters. The number of oxazole rings is 1. The van der Waals surface area contributed by atoms with Gasteiger partial charge in [-0.1, -0.05) is 54.9 Å². The van der Waals surface area contributed by atoms with Crippen LogP contribution in [0.5, 0.6) is 5.75 Å².